The summed E-state index contributed by atoms with van der Waals surface area (Å²) < 4.78 is 5.48. The van der Waals surface area contributed by atoms with E-state index in [-0.39, 0.29) is 23.5 Å². The van der Waals surface area contributed by atoms with Gasteiger partial charge in [0.05, 0.1) is 6.61 Å². The van der Waals surface area contributed by atoms with Crippen LogP contribution in [0, 0.1) is 0 Å². The predicted molar refractivity (Wildman–Crippen MR) is 104 cm³/mol. The number of H-pyrrole nitrogens is 1. The van der Waals surface area contributed by atoms with Gasteiger partial charge in [-0.3, -0.25) is 14.4 Å². The summed E-state index contributed by atoms with van der Waals surface area (Å²) in [6.07, 6.45) is 4.41. The van der Waals surface area contributed by atoms with Gasteiger partial charge in [0.1, 0.15) is 11.3 Å². The molecule has 0 unspecified atom stereocenters. The van der Waals surface area contributed by atoms with Gasteiger partial charge in [0.25, 0.3) is 11.5 Å². The van der Waals surface area contributed by atoms with Crippen LogP contribution >= 0.6 is 0 Å². The van der Waals surface area contributed by atoms with Gasteiger partial charge in [0, 0.05) is 18.7 Å². The number of amides is 1. The molecular formula is C21H24N2O5. The van der Waals surface area contributed by atoms with Gasteiger partial charge in [0.2, 0.25) is 0 Å². The number of aromatic nitrogens is 1. The fourth-order valence-electron chi connectivity index (χ4n) is 3.24. The van der Waals surface area contributed by atoms with Crippen LogP contribution in [-0.2, 0) is 24.2 Å². The molecule has 1 aliphatic rings. The third kappa shape index (κ3) is 5.22. The molecule has 0 spiro atoms. The largest absolute Gasteiger partial charge is 0.494 e. The van der Waals surface area contributed by atoms with Crippen LogP contribution < -0.4 is 15.6 Å². The minimum Gasteiger partial charge on any atom is -0.494 e. The molecule has 7 nitrogen and oxygen atoms in total. The molecule has 0 aliphatic heterocycles. The standard InChI is InChI=1S/C21H24N2O5/c24-19(25)6-3-11-28-16-9-7-14(8-10-16)13-22-20(26)17-12-15-4-1-2-5-18(15)23-21(17)27/h7-10,12H,1-6,11,13H2,(H,22,26)(H,23,27)(H,24,25). The smallest absolute Gasteiger partial charge is 0.303 e. The van der Waals surface area contributed by atoms with E-state index in [1.807, 2.05) is 12.1 Å². The van der Waals surface area contributed by atoms with Gasteiger partial charge in [-0.25, -0.2) is 0 Å². The molecule has 28 heavy (non-hydrogen) atoms. The Morgan fingerprint density at radius 1 is 1.14 bits per heavy atom. The number of pyridine rings is 1. The van der Waals surface area contributed by atoms with Gasteiger partial charge in [-0.1, -0.05) is 12.1 Å². The number of fused-ring (bicyclic) bond motifs is 1. The third-order valence-electron chi connectivity index (χ3n) is 4.76. The Labute approximate surface area is 162 Å². The molecule has 0 atom stereocenters. The molecule has 1 heterocycles. The number of ether oxygens (including phenoxy) is 1. The van der Waals surface area contributed by atoms with Gasteiger partial charge in [-0.2, -0.15) is 0 Å². The lowest BCUT2D eigenvalue weighted by Crippen LogP contribution is -2.30. The Morgan fingerprint density at radius 3 is 2.64 bits per heavy atom. The van der Waals surface area contributed by atoms with Gasteiger partial charge in [-0.05, 0) is 61.4 Å². The predicted octanol–water partition coefficient (Wildman–Crippen LogP) is 2.43. The SMILES string of the molecule is O=C(O)CCCOc1ccc(CNC(=O)c2cc3c([nH]c2=O)CCCC3)cc1. The maximum atomic E-state index is 12.4. The molecular weight excluding hydrogens is 360 g/mol. The summed E-state index contributed by atoms with van der Waals surface area (Å²) in [4.78, 5) is 37.9. The van der Waals surface area contributed by atoms with E-state index in [0.29, 0.717) is 25.3 Å². The van der Waals surface area contributed by atoms with E-state index in [0.717, 1.165) is 42.5 Å². The van der Waals surface area contributed by atoms with Gasteiger partial charge in [-0.15, -0.1) is 0 Å². The molecule has 1 amide bonds. The van der Waals surface area contributed by atoms with E-state index in [1.165, 1.54) is 0 Å². The van der Waals surface area contributed by atoms with Crippen LogP contribution in [0.15, 0.2) is 35.1 Å². The maximum absolute atomic E-state index is 12.4. The molecule has 0 saturated carbocycles. The first-order chi connectivity index (χ1) is 13.5. The highest BCUT2D eigenvalue weighted by Gasteiger charge is 2.16. The highest BCUT2D eigenvalue weighted by Crippen LogP contribution is 2.18. The zero-order chi connectivity index (χ0) is 19.9. The van der Waals surface area contributed by atoms with Gasteiger partial charge >= 0.3 is 5.97 Å². The van der Waals surface area contributed by atoms with E-state index >= 15 is 0 Å². The number of aromatic amines is 1. The number of hydrogen-bond acceptors (Lipinski definition) is 4. The van der Waals surface area contributed by atoms with Crippen molar-refractivity contribution in [1.82, 2.24) is 10.3 Å². The van der Waals surface area contributed by atoms with Crippen molar-refractivity contribution in [2.24, 2.45) is 0 Å². The summed E-state index contributed by atoms with van der Waals surface area (Å²) in [6.45, 7) is 0.637. The number of benzene rings is 1. The van der Waals surface area contributed by atoms with Crippen molar-refractivity contribution >= 4 is 11.9 Å². The van der Waals surface area contributed by atoms with Crippen molar-refractivity contribution in [3.05, 3.63) is 63.1 Å². The first-order valence-corrected chi connectivity index (χ1v) is 9.50. The van der Waals surface area contributed by atoms with Crippen molar-refractivity contribution in [1.29, 1.82) is 0 Å². The summed E-state index contributed by atoms with van der Waals surface area (Å²) in [5.74, 6) is -0.581. The minimum atomic E-state index is -0.840. The number of carboxylic acids is 1. The highest BCUT2D eigenvalue weighted by atomic mass is 16.5. The molecule has 1 aromatic carbocycles. The number of rotatable bonds is 8. The van der Waals surface area contributed by atoms with Crippen molar-refractivity contribution in [2.75, 3.05) is 6.61 Å². The Kier molecular flexibility index (Phi) is 6.47. The summed E-state index contributed by atoms with van der Waals surface area (Å²) in [7, 11) is 0. The van der Waals surface area contributed by atoms with Crippen molar-refractivity contribution in [2.45, 2.75) is 45.1 Å². The van der Waals surface area contributed by atoms with Gasteiger partial charge in [0.15, 0.2) is 0 Å². The Hall–Kier alpha value is -3.09. The van der Waals surface area contributed by atoms with E-state index < -0.39 is 5.97 Å². The van der Waals surface area contributed by atoms with Crippen LogP contribution in [0.4, 0.5) is 0 Å². The lowest BCUT2D eigenvalue weighted by Gasteiger charge is -2.16. The number of nitrogens with one attached hydrogen (secondary N) is 2. The van der Waals surface area contributed by atoms with Crippen LogP contribution in [-0.4, -0.2) is 28.6 Å². The van der Waals surface area contributed by atoms with Crippen molar-refractivity contribution in [3.8, 4) is 5.75 Å². The fourth-order valence-corrected chi connectivity index (χ4v) is 3.24. The minimum absolute atomic E-state index is 0.0753. The molecule has 3 rings (SSSR count). The van der Waals surface area contributed by atoms with E-state index in [2.05, 4.69) is 10.3 Å². The van der Waals surface area contributed by atoms with E-state index in [4.69, 9.17) is 9.84 Å². The zero-order valence-corrected chi connectivity index (χ0v) is 15.6. The number of aryl methyl sites for hydroxylation is 2. The highest BCUT2D eigenvalue weighted by molar-refractivity contribution is 5.94. The lowest BCUT2D eigenvalue weighted by atomic mass is 9.95. The molecule has 3 N–H and O–H groups in total. The zero-order valence-electron chi connectivity index (χ0n) is 15.6. The van der Waals surface area contributed by atoms with Crippen LogP contribution in [0.25, 0.3) is 0 Å². The maximum Gasteiger partial charge on any atom is 0.303 e. The summed E-state index contributed by atoms with van der Waals surface area (Å²) in [6, 6.07) is 8.91. The molecule has 1 aliphatic carbocycles. The lowest BCUT2D eigenvalue weighted by molar-refractivity contribution is -0.137. The molecule has 2 aromatic rings. The number of hydrogen-bond donors (Lipinski definition) is 3. The first kappa shape index (κ1) is 19.7. The average molecular weight is 384 g/mol. The molecule has 0 bridgehead atoms. The second kappa shape index (κ2) is 9.21. The molecule has 0 radical (unpaired) electrons. The monoisotopic (exact) mass is 384 g/mol. The van der Waals surface area contributed by atoms with E-state index in [9.17, 15) is 14.4 Å². The topological polar surface area (TPSA) is 108 Å². The Morgan fingerprint density at radius 2 is 1.89 bits per heavy atom. The van der Waals surface area contributed by atoms with Crippen LogP contribution in [0.3, 0.4) is 0 Å². The summed E-state index contributed by atoms with van der Waals surface area (Å²) in [5, 5.41) is 11.4. The molecule has 7 heteroatoms. The average Bonchev–Trinajstić information content (AvgIpc) is 2.69. The Balaban J connectivity index is 1.53. The van der Waals surface area contributed by atoms with Crippen LogP contribution in [0.5, 0.6) is 5.75 Å². The van der Waals surface area contributed by atoms with Crippen molar-refractivity contribution in [3.63, 3.8) is 0 Å². The molecule has 1 aromatic heterocycles. The Bertz CT molecular complexity index is 902. The molecule has 0 saturated heterocycles. The normalized spacial score (nSPS) is 12.9. The van der Waals surface area contributed by atoms with Crippen molar-refractivity contribution < 1.29 is 19.4 Å². The summed E-state index contributed by atoms with van der Waals surface area (Å²) in [5.41, 5.74) is 2.69. The summed E-state index contributed by atoms with van der Waals surface area (Å²) >= 11 is 0. The second-order valence-corrected chi connectivity index (χ2v) is 6.90. The van der Waals surface area contributed by atoms with Crippen LogP contribution in [0.2, 0.25) is 0 Å². The molecule has 148 valence electrons. The van der Waals surface area contributed by atoms with Crippen LogP contribution in [0.1, 0.15) is 52.9 Å². The first-order valence-electron chi connectivity index (χ1n) is 9.50. The fraction of sp³-hybridized carbons (Fsp3) is 0.381. The van der Waals surface area contributed by atoms with Gasteiger partial charge < -0.3 is 20.1 Å². The quantitative estimate of drug-likeness (QED) is 0.606. The van der Waals surface area contributed by atoms with E-state index in [1.54, 1.807) is 18.2 Å². The third-order valence-corrected chi connectivity index (χ3v) is 4.76. The molecule has 0 fully saturated rings. The number of aliphatic carboxylic acids is 1. The number of carbonyl (C=O) groups excluding carboxylic acids is 1. The number of carbonyl (C=O) groups is 2. The number of carboxylic acid groups (broad SMARTS) is 1. The second-order valence-electron chi connectivity index (χ2n) is 6.90.